The Labute approximate surface area is 220 Å². The summed E-state index contributed by atoms with van der Waals surface area (Å²) in [5, 5.41) is 3.16. The number of hydrogen-bond donors (Lipinski definition) is 1. The maximum Gasteiger partial charge on any atom is 0.338 e. The molecule has 1 heterocycles. The molecule has 0 saturated heterocycles. The molecule has 4 rings (SSSR count). The first-order chi connectivity index (χ1) is 17.9. The molecule has 7 nitrogen and oxygen atoms in total. The third-order valence-electron chi connectivity index (χ3n) is 5.71. The SMILES string of the molecule is CCCCOC(=O)c1ccc(N2C(=O)C(Nc3cc(C)ccc3OC)=C(Sc3ccccc3)C2=O)cc1. The van der Waals surface area contributed by atoms with Gasteiger partial charge in [0.15, 0.2) is 0 Å². The van der Waals surface area contributed by atoms with Crippen LogP contribution in [0.1, 0.15) is 35.7 Å². The predicted molar refractivity (Wildman–Crippen MR) is 145 cm³/mol. The molecule has 0 saturated carbocycles. The van der Waals surface area contributed by atoms with Crippen LogP contribution in [0.4, 0.5) is 11.4 Å². The highest BCUT2D eigenvalue weighted by atomic mass is 32.2. The highest BCUT2D eigenvalue weighted by Crippen LogP contribution is 2.39. The Morgan fingerprint density at radius 2 is 1.70 bits per heavy atom. The molecular weight excluding hydrogens is 488 g/mol. The number of carbonyl (C=O) groups excluding carboxylic acids is 3. The molecule has 37 heavy (non-hydrogen) atoms. The summed E-state index contributed by atoms with van der Waals surface area (Å²) >= 11 is 1.22. The van der Waals surface area contributed by atoms with E-state index in [1.54, 1.807) is 37.4 Å². The second-order valence-corrected chi connectivity index (χ2v) is 9.51. The van der Waals surface area contributed by atoms with Crippen LogP contribution in [0.5, 0.6) is 5.75 Å². The number of hydrogen-bond acceptors (Lipinski definition) is 7. The Morgan fingerprint density at radius 3 is 2.38 bits per heavy atom. The van der Waals surface area contributed by atoms with Crippen molar-refractivity contribution in [3.8, 4) is 5.75 Å². The van der Waals surface area contributed by atoms with Crippen molar-refractivity contribution in [2.24, 2.45) is 0 Å². The van der Waals surface area contributed by atoms with E-state index in [1.807, 2.05) is 56.3 Å². The van der Waals surface area contributed by atoms with Gasteiger partial charge in [-0.15, -0.1) is 0 Å². The molecule has 0 spiro atoms. The summed E-state index contributed by atoms with van der Waals surface area (Å²) in [6, 6.07) is 21.2. The van der Waals surface area contributed by atoms with Crippen molar-refractivity contribution < 1.29 is 23.9 Å². The van der Waals surface area contributed by atoms with Crippen molar-refractivity contribution in [1.82, 2.24) is 0 Å². The van der Waals surface area contributed by atoms with Crippen molar-refractivity contribution in [2.45, 2.75) is 31.6 Å². The van der Waals surface area contributed by atoms with Gasteiger partial charge in [-0.1, -0.05) is 49.4 Å². The highest BCUT2D eigenvalue weighted by molar-refractivity contribution is 8.04. The van der Waals surface area contributed by atoms with Crippen LogP contribution >= 0.6 is 11.8 Å². The zero-order valence-electron chi connectivity index (χ0n) is 20.9. The zero-order chi connectivity index (χ0) is 26.4. The van der Waals surface area contributed by atoms with E-state index < -0.39 is 17.8 Å². The van der Waals surface area contributed by atoms with Gasteiger partial charge in [0.2, 0.25) is 0 Å². The molecule has 1 aliphatic heterocycles. The van der Waals surface area contributed by atoms with Crippen LogP contribution in [-0.2, 0) is 14.3 Å². The Morgan fingerprint density at radius 1 is 0.973 bits per heavy atom. The fraction of sp³-hybridized carbons (Fsp3) is 0.207. The second-order valence-electron chi connectivity index (χ2n) is 8.43. The number of benzene rings is 3. The number of nitrogens with one attached hydrogen (secondary N) is 1. The number of nitrogens with zero attached hydrogens (tertiary/aromatic N) is 1. The Kier molecular flexibility index (Phi) is 8.30. The first-order valence-corrected chi connectivity index (χ1v) is 12.8. The summed E-state index contributed by atoms with van der Waals surface area (Å²) in [4.78, 5) is 41.7. The van der Waals surface area contributed by atoms with Gasteiger partial charge in [0.05, 0.1) is 30.7 Å². The lowest BCUT2D eigenvalue weighted by Gasteiger charge is -2.16. The Bertz CT molecular complexity index is 1340. The van der Waals surface area contributed by atoms with Gasteiger partial charge < -0.3 is 14.8 Å². The van der Waals surface area contributed by atoms with Gasteiger partial charge in [0, 0.05) is 4.90 Å². The van der Waals surface area contributed by atoms with Crippen molar-refractivity contribution in [3.05, 3.63) is 94.5 Å². The van der Waals surface area contributed by atoms with Crippen molar-refractivity contribution in [1.29, 1.82) is 0 Å². The lowest BCUT2D eigenvalue weighted by atomic mass is 10.2. The van der Waals surface area contributed by atoms with Gasteiger partial charge in [-0.3, -0.25) is 9.59 Å². The average Bonchev–Trinajstić information content (AvgIpc) is 3.13. The van der Waals surface area contributed by atoms with Crippen molar-refractivity contribution in [3.63, 3.8) is 0 Å². The molecule has 8 heteroatoms. The first-order valence-electron chi connectivity index (χ1n) is 12.0. The number of anilines is 2. The number of thioether (sulfide) groups is 1. The fourth-order valence-electron chi connectivity index (χ4n) is 3.75. The van der Waals surface area contributed by atoms with Crippen LogP contribution in [0.25, 0.3) is 0 Å². The van der Waals surface area contributed by atoms with E-state index in [0.717, 1.165) is 28.2 Å². The molecule has 0 aromatic heterocycles. The van der Waals surface area contributed by atoms with E-state index >= 15 is 0 Å². The Hall–Kier alpha value is -4.04. The van der Waals surface area contributed by atoms with Crippen LogP contribution < -0.4 is 15.0 Å². The maximum atomic E-state index is 13.6. The summed E-state index contributed by atoms with van der Waals surface area (Å²) in [5.41, 5.74) is 2.42. The van der Waals surface area contributed by atoms with Crippen LogP contribution in [0, 0.1) is 6.92 Å². The lowest BCUT2D eigenvalue weighted by Crippen LogP contribution is -2.32. The van der Waals surface area contributed by atoms with Gasteiger partial charge in [-0.05, 0) is 67.4 Å². The van der Waals surface area contributed by atoms with Gasteiger partial charge in [-0.25, -0.2) is 9.69 Å². The second kappa shape index (κ2) is 11.8. The molecular formula is C29H28N2O5S. The normalized spacial score (nSPS) is 13.2. The molecule has 0 fully saturated rings. The molecule has 0 radical (unpaired) electrons. The lowest BCUT2D eigenvalue weighted by molar-refractivity contribution is -0.120. The number of rotatable bonds is 10. The fourth-order valence-corrected chi connectivity index (χ4v) is 4.70. The zero-order valence-corrected chi connectivity index (χ0v) is 21.8. The molecule has 1 N–H and O–H groups in total. The number of ether oxygens (including phenoxy) is 2. The van der Waals surface area contributed by atoms with Crippen LogP contribution in [-0.4, -0.2) is 31.5 Å². The average molecular weight is 517 g/mol. The molecule has 0 atom stereocenters. The minimum atomic E-state index is -0.495. The number of imide groups is 1. The number of unbranched alkanes of at least 4 members (excludes halogenated alkanes) is 1. The van der Waals surface area contributed by atoms with Crippen molar-refractivity contribution >= 4 is 40.9 Å². The number of carbonyl (C=O) groups is 3. The maximum absolute atomic E-state index is 13.6. The largest absolute Gasteiger partial charge is 0.495 e. The van der Waals surface area contributed by atoms with Gasteiger partial charge in [0.1, 0.15) is 16.4 Å². The third kappa shape index (κ3) is 5.86. The smallest absolute Gasteiger partial charge is 0.338 e. The summed E-state index contributed by atoms with van der Waals surface area (Å²) in [6.45, 7) is 4.30. The van der Waals surface area contributed by atoms with Gasteiger partial charge in [-0.2, -0.15) is 0 Å². The summed E-state index contributed by atoms with van der Waals surface area (Å²) < 4.78 is 10.7. The number of esters is 1. The number of methoxy groups -OCH3 is 1. The van der Waals surface area contributed by atoms with Crippen LogP contribution in [0.2, 0.25) is 0 Å². The Balaban J connectivity index is 1.66. The quantitative estimate of drug-likeness (QED) is 0.202. The van der Waals surface area contributed by atoms with E-state index in [-0.39, 0.29) is 10.6 Å². The van der Waals surface area contributed by atoms with E-state index in [2.05, 4.69) is 5.32 Å². The predicted octanol–water partition coefficient (Wildman–Crippen LogP) is 5.95. The monoisotopic (exact) mass is 516 g/mol. The molecule has 0 unspecified atom stereocenters. The summed E-state index contributed by atoms with van der Waals surface area (Å²) in [5.74, 6) is -0.838. The minimum absolute atomic E-state index is 0.158. The van der Waals surface area contributed by atoms with Crippen molar-refractivity contribution in [2.75, 3.05) is 23.9 Å². The standard InChI is InChI=1S/C29H28N2O5S/c1-4-5-17-36-29(34)20-12-14-21(15-13-20)31-27(32)25(30-23-18-19(2)11-16-24(23)35-3)26(28(31)33)37-22-9-7-6-8-10-22/h6-16,18,30H,4-5,17H2,1-3H3. The molecule has 0 aliphatic carbocycles. The van der Waals surface area contributed by atoms with E-state index in [1.165, 1.54) is 11.8 Å². The molecule has 1 aliphatic rings. The summed E-state index contributed by atoms with van der Waals surface area (Å²) in [6.07, 6.45) is 1.71. The molecule has 190 valence electrons. The van der Waals surface area contributed by atoms with E-state index in [9.17, 15) is 14.4 Å². The summed E-state index contributed by atoms with van der Waals surface area (Å²) in [7, 11) is 1.55. The minimum Gasteiger partial charge on any atom is -0.495 e. The molecule has 2 amide bonds. The first kappa shape index (κ1) is 26.0. The van der Waals surface area contributed by atoms with Crippen LogP contribution in [0.3, 0.4) is 0 Å². The highest BCUT2D eigenvalue weighted by Gasteiger charge is 2.40. The molecule has 0 bridgehead atoms. The topological polar surface area (TPSA) is 84.9 Å². The van der Waals surface area contributed by atoms with E-state index in [4.69, 9.17) is 9.47 Å². The third-order valence-corrected chi connectivity index (χ3v) is 6.80. The number of aryl methyl sites for hydroxylation is 1. The van der Waals surface area contributed by atoms with Crippen LogP contribution in [0.15, 0.2) is 88.3 Å². The molecule has 3 aromatic carbocycles. The van der Waals surface area contributed by atoms with Gasteiger partial charge in [0.25, 0.3) is 11.8 Å². The molecule has 3 aromatic rings. The number of amides is 2. The van der Waals surface area contributed by atoms with Gasteiger partial charge >= 0.3 is 5.97 Å². The van der Waals surface area contributed by atoms with E-state index in [0.29, 0.717) is 29.3 Å².